The van der Waals surface area contributed by atoms with Crippen molar-refractivity contribution in [2.75, 3.05) is 0 Å². The highest BCUT2D eigenvalue weighted by Gasteiger charge is 2.13. The first kappa shape index (κ1) is 13.0. The van der Waals surface area contributed by atoms with Gasteiger partial charge in [0.1, 0.15) is 11.6 Å². The van der Waals surface area contributed by atoms with Gasteiger partial charge in [-0.25, -0.2) is 8.78 Å². The molecule has 0 heterocycles. The van der Waals surface area contributed by atoms with Gasteiger partial charge in [-0.1, -0.05) is 23.2 Å². The van der Waals surface area contributed by atoms with E-state index in [9.17, 15) is 13.6 Å². The maximum absolute atomic E-state index is 13.0. The molecule has 92 valence electrons. The van der Waals surface area contributed by atoms with E-state index in [2.05, 4.69) is 0 Å². The van der Waals surface area contributed by atoms with E-state index < -0.39 is 17.4 Å². The maximum Gasteiger partial charge on any atom is 0.193 e. The first-order valence-corrected chi connectivity index (χ1v) is 5.68. The van der Waals surface area contributed by atoms with E-state index in [4.69, 9.17) is 23.2 Å². The standard InChI is InChI=1S/C13H6Cl2F2O/c14-9-1-7(2-10(15)5-9)13(18)8-3-11(16)6-12(17)4-8/h1-6H. The Balaban J connectivity index is 2.47. The molecule has 0 amide bonds. The number of ketones is 1. The van der Waals surface area contributed by atoms with Crippen molar-refractivity contribution in [3.8, 4) is 0 Å². The summed E-state index contributed by atoms with van der Waals surface area (Å²) in [5, 5.41) is 0.561. The lowest BCUT2D eigenvalue weighted by Gasteiger charge is -2.03. The second-order valence-corrected chi connectivity index (χ2v) is 4.52. The summed E-state index contributed by atoms with van der Waals surface area (Å²) in [5.41, 5.74) is 0.0864. The summed E-state index contributed by atoms with van der Waals surface area (Å²) in [6.07, 6.45) is 0. The average Bonchev–Trinajstić information content (AvgIpc) is 2.25. The van der Waals surface area contributed by atoms with Gasteiger partial charge >= 0.3 is 0 Å². The highest BCUT2D eigenvalue weighted by Crippen LogP contribution is 2.21. The topological polar surface area (TPSA) is 17.1 Å². The molecule has 0 aromatic heterocycles. The SMILES string of the molecule is O=C(c1cc(F)cc(F)c1)c1cc(Cl)cc(Cl)c1. The van der Waals surface area contributed by atoms with Gasteiger partial charge in [-0.15, -0.1) is 0 Å². The Labute approximate surface area is 112 Å². The van der Waals surface area contributed by atoms with Crippen molar-refractivity contribution in [2.45, 2.75) is 0 Å². The van der Waals surface area contributed by atoms with Crippen LogP contribution in [0.2, 0.25) is 10.0 Å². The average molecular weight is 287 g/mol. The summed E-state index contributed by atoms with van der Waals surface area (Å²) in [6.45, 7) is 0. The van der Waals surface area contributed by atoms with Crippen molar-refractivity contribution in [3.05, 3.63) is 69.2 Å². The van der Waals surface area contributed by atoms with Gasteiger partial charge in [0, 0.05) is 27.2 Å². The number of rotatable bonds is 2. The molecule has 0 radical (unpaired) electrons. The van der Waals surface area contributed by atoms with E-state index in [0.717, 1.165) is 12.1 Å². The molecule has 2 rings (SSSR count). The van der Waals surface area contributed by atoms with E-state index in [1.54, 1.807) is 0 Å². The van der Waals surface area contributed by atoms with Gasteiger partial charge in [0.25, 0.3) is 0 Å². The van der Waals surface area contributed by atoms with Crippen LogP contribution in [0.1, 0.15) is 15.9 Å². The summed E-state index contributed by atoms with van der Waals surface area (Å²) in [5.74, 6) is -2.17. The zero-order valence-electron chi connectivity index (χ0n) is 8.88. The van der Waals surface area contributed by atoms with Crippen LogP contribution in [0, 0.1) is 11.6 Å². The summed E-state index contributed by atoms with van der Waals surface area (Å²) in [7, 11) is 0. The third-order valence-corrected chi connectivity index (χ3v) is 2.69. The molecule has 5 heteroatoms. The maximum atomic E-state index is 13.0. The molecular weight excluding hydrogens is 281 g/mol. The Bertz CT molecular complexity index is 532. The molecule has 2 aromatic carbocycles. The van der Waals surface area contributed by atoms with Crippen LogP contribution in [-0.4, -0.2) is 5.78 Å². The Morgan fingerprint density at radius 1 is 0.778 bits per heavy atom. The molecule has 0 atom stereocenters. The van der Waals surface area contributed by atoms with Gasteiger partial charge in [0.15, 0.2) is 5.78 Å². The Morgan fingerprint density at radius 2 is 1.22 bits per heavy atom. The molecule has 1 nitrogen and oxygen atoms in total. The summed E-state index contributed by atoms with van der Waals surface area (Å²) < 4.78 is 26.0. The zero-order chi connectivity index (χ0) is 13.3. The molecular formula is C13H6Cl2F2O. The van der Waals surface area contributed by atoms with Crippen LogP contribution in [0.15, 0.2) is 36.4 Å². The number of carbonyl (C=O) groups is 1. The zero-order valence-corrected chi connectivity index (χ0v) is 10.4. The van der Waals surface area contributed by atoms with Crippen LogP contribution >= 0.6 is 23.2 Å². The van der Waals surface area contributed by atoms with Crippen molar-refractivity contribution in [1.82, 2.24) is 0 Å². The van der Waals surface area contributed by atoms with Crippen LogP contribution in [0.25, 0.3) is 0 Å². The monoisotopic (exact) mass is 286 g/mol. The fourth-order valence-electron chi connectivity index (χ4n) is 1.54. The van der Waals surface area contributed by atoms with Gasteiger partial charge in [-0.2, -0.15) is 0 Å². The summed E-state index contributed by atoms with van der Waals surface area (Å²) in [6, 6.07) is 6.85. The third kappa shape index (κ3) is 2.86. The predicted octanol–water partition coefficient (Wildman–Crippen LogP) is 4.50. The first-order valence-electron chi connectivity index (χ1n) is 4.92. The molecule has 0 aliphatic carbocycles. The second kappa shape index (κ2) is 5.04. The van der Waals surface area contributed by atoms with Gasteiger partial charge in [0.05, 0.1) is 0 Å². The fourth-order valence-corrected chi connectivity index (χ4v) is 2.06. The van der Waals surface area contributed by atoms with Crippen molar-refractivity contribution in [2.24, 2.45) is 0 Å². The molecule has 0 N–H and O–H groups in total. The quantitative estimate of drug-likeness (QED) is 0.743. The van der Waals surface area contributed by atoms with E-state index in [0.29, 0.717) is 6.07 Å². The van der Waals surface area contributed by atoms with E-state index in [1.165, 1.54) is 18.2 Å². The van der Waals surface area contributed by atoms with E-state index >= 15 is 0 Å². The third-order valence-electron chi connectivity index (χ3n) is 2.25. The van der Waals surface area contributed by atoms with E-state index in [1.807, 2.05) is 0 Å². The van der Waals surface area contributed by atoms with Crippen LogP contribution in [0.3, 0.4) is 0 Å². The number of benzene rings is 2. The molecule has 18 heavy (non-hydrogen) atoms. The minimum atomic E-state index is -0.813. The minimum absolute atomic E-state index is 0.0918. The highest BCUT2D eigenvalue weighted by molar-refractivity contribution is 6.35. The summed E-state index contributed by atoms with van der Waals surface area (Å²) >= 11 is 11.5. The van der Waals surface area contributed by atoms with Crippen LogP contribution in [0.4, 0.5) is 8.78 Å². The van der Waals surface area contributed by atoms with E-state index in [-0.39, 0.29) is 21.2 Å². The Morgan fingerprint density at radius 3 is 1.72 bits per heavy atom. The second-order valence-electron chi connectivity index (χ2n) is 3.65. The molecule has 0 spiro atoms. The Kier molecular flexibility index (Phi) is 3.64. The lowest BCUT2D eigenvalue weighted by molar-refractivity contribution is 0.103. The lowest BCUT2D eigenvalue weighted by Crippen LogP contribution is -2.02. The van der Waals surface area contributed by atoms with Gasteiger partial charge in [0.2, 0.25) is 0 Å². The predicted molar refractivity (Wildman–Crippen MR) is 66.3 cm³/mol. The number of hydrogen-bond donors (Lipinski definition) is 0. The molecule has 0 fully saturated rings. The number of hydrogen-bond acceptors (Lipinski definition) is 1. The molecule has 0 saturated heterocycles. The molecule has 0 bridgehead atoms. The van der Waals surface area contributed by atoms with Gasteiger partial charge in [-0.05, 0) is 30.3 Å². The summed E-state index contributed by atoms with van der Waals surface area (Å²) in [4.78, 5) is 12.0. The largest absolute Gasteiger partial charge is 0.289 e. The van der Waals surface area contributed by atoms with Crippen LogP contribution in [0.5, 0.6) is 0 Å². The van der Waals surface area contributed by atoms with Gasteiger partial charge in [-0.3, -0.25) is 4.79 Å². The van der Waals surface area contributed by atoms with Crippen molar-refractivity contribution >= 4 is 29.0 Å². The molecule has 0 unspecified atom stereocenters. The van der Waals surface area contributed by atoms with Gasteiger partial charge < -0.3 is 0 Å². The first-order chi connectivity index (χ1) is 8.45. The number of halogens is 4. The smallest absolute Gasteiger partial charge is 0.193 e. The van der Waals surface area contributed by atoms with Crippen LogP contribution < -0.4 is 0 Å². The minimum Gasteiger partial charge on any atom is -0.289 e. The number of carbonyl (C=O) groups excluding carboxylic acids is 1. The fraction of sp³-hybridized carbons (Fsp3) is 0. The van der Waals surface area contributed by atoms with Crippen molar-refractivity contribution in [3.63, 3.8) is 0 Å². The van der Waals surface area contributed by atoms with Crippen molar-refractivity contribution < 1.29 is 13.6 Å². The molecule has 0 aliphatic rings. The van der Waals surface area contributed by atoms with Crippen molar-refractivity contribution in [1.29, 1.82) is 0 Å². The molecule has 0 saturated carbocycles. The highest BCUT2D eigenvalue weighted by atomic mass is 35.5. The molecule has 0 aliphatic heterocycles. The van der Waals surface area contributed by atoms with Crippen LogP contribution in [-0.2, 0) is 0 Å². The normalized spacial score (nSPS) is 10.4. The lowest BCUT2D eigenvalue weighted by atomic mass is 10.0. The Hall–Kier alpha value is -1.45. The molecule has 2 aromatic rings.